The molecule has 0 aromatic heterocycles. The molecule has 166 valence electrons. The van der Waals surface area contributed by atoms with Crippen molar-refractivity contribution in [3.8, 4) is 0 Å². The smallest absolute Gasteiger partial charge is 0.303 e. The van der Waals surface area contributed by atoms with E-state index < -0.39 is 18.2 Å². The van der Waals surface area contributed by atoms with Gasteiger partial charge in [0, 0.05) is 6.42 Å². The summed E-state index contributed by atoms with van der Waals surface area (Å²) in [6.07, 6.45) is 5.88. The number of carbonyl (C=O) groups is 1. The first kappa shape index (κ1) is 21.6. The molecular formula is C24H40O5. The first-order chi connectivity index (χ1) is 13.6. The van der Waals surface area contributed by atoms with Crippen molar-refractivity contribution in [1.29, 1.82) is 0 Å². The number of aliphatic hydroxyl groups is 3. The van der Waals surface area contributed by atoms with Gasteiger partial charge in [0.05, 0.1) is 18.3 Å². The molecule has 0 heterocycles. The maximum atomic E-state index is 11.3. The summed E-state index contributed by atoms with van der Waals surface area (Å²) >= 11 is 0. The second kappa shape index (κ2) is 7.49. The van der Waals surface area contributed by atoms with E-state index in [2.05, 4.69) is 20.8 Å². The molecule has 0 aromatic rings. The average molecular weight is 409 g/mol. The largest absolute Gasteiger partial charge is 0.481 e. The minimum absolute atomic E-state index is 0.155. The van der Waals surface area contributed by atoms with Crippen molar-refractivity contribution in [2.24, 2.45) is 46.3 Å². The summed E-state index contributed by atoms with van der Waals surface area (Å²) in [7, 11) is 0. The van der Waals surface area contributed by atoms with E-state index in [-0.39, 0.29) is 35.2 Å². The van der Waals surface area contributed by atoms with Crippen LogP contribution in [0.25, 0.3) is 0 Å². The first-order valence-electron chi connectivity index (χ1n) is 11.8. The fourth-order valence-corrected chi connectivity index (χ4v) is 8.80. The van der Waals surface area contributed by atoms with E-state index in [1.807, 2.05) is 0 Å². The minimum atomic E-state index is -0.713. The number of carboxylic acid groups (broad SMARTS) is 1. The molecule has 0 unspecified atom stereocenters. The van der Waals surface area contributed by atoms with Crippen LogP contribution in [0, 0.1) is 46.3 Å². The van der Waals surface area contributed by atoms with E-state index in [0.717, 1.165) is 32.1 Å². The molecule has 4 fully saturated rings. The number of hydrogen-bond donors (Lipinski definition) is 4. The predicted molar refractivity (Wildman–Crippen MR) is 110 cm³/mol. The van der Waals surface area contributed by atoms with Crippen molar-refractivity contribution in [3.05, 3.63) is 0 Å². The summed E-state index contributed by atoms with van der Waals surface area (Å²) in [6, 6.07) is 0. The number of rotatable bonds is 4. The summed E-state index contributed by atoms with van der Waals surface area (Å²) in [4.78, 5) is 11.1. The molecule has 5 nitrogen and oxygen atoms in total. The lowest BCUT2D eigenvalue weighted by molar-refractivity contribution is -0.212. The van der Waals surface area contributed by atoms with E-state index in [9.17, 15) is 20.1 Å². The van der Waals surface area contributed by atoms with Crippen molar-refractivity contribution in [3.63, 3.8) is 0 Å². The Morgan fingerprint density at radius 1 is 1.03 bits per heavy atom. The van der Waals surface area contributed by atoms with Gasteiger partial charge in [0.1, 0.15) is 0 Å². The van der Waals surface area contributed by atoms with Gasteiger partial charge in [-0.3, -0.25) is 4.79 Å². The maximum Gasteiger partial charge on any atom is 0.303 e. The summed E-state index contributed by atoms with van der Waals surface area (Å²) in [5.74, 6) is 1.36. The van der Waals surface area contributed by atoms with Crippen LogP contribution in [0.1, 0.15) is 78.6 Å². The third-order valence-corrected chi connectivity index (χ3v) is 10.3. The molecule has 0 spiro atoms. The lowest BCUT2D eigenvalue weighted by Gasteiger charge is -2.63. The highest BCUT2D eigenvalue weighted by molar-refractivity contribution is 5.66. The van der Waals surface area contributed by atoms with Crippen molar-refractivity contribution in [2.45, 2.75) is 96.9 Å². The molecule has 0 amide bonds. The van der Waals surface area contributed by atoms with Crippen molar-refractivity contribution in [1.82, 2.24) is 0 Å². The highest BCUT2D eigenvalue weighted by Crippen LogP contribution is 2.68. The van der Waals surface area contributed by atoms with Crippen LogP contribution in [-0.4, -0.2) is 44.7 Å². The fraction of sp³-hybridized carbons (Fsp3) is 0.958. The van der Waals surface area contributed by atoms with Crippen LogP contribution in [0.3, 0.4) is 0 Å². The molecule has 0 aromatic carbocycles. The monoisotopic (exact) mass is 408 g/mol. The summed E-state index contributed by atoms with van der Waals surface area (Å²) in [5, 5.41) is 41.6. The van der Waals surface area contributed by atoms with Crippen molar-refractivity contribution in [2.75, 3.05) is 0 Å². The number of aliphatic hydroxyl groups excluding tert-OH is 3. The van der Waals surface area contributed by atoms with Gasteiger partial charge in [0.25, 0.3) is 0 Å². The van der Waals surface area contributed by atoms with E-state index >= 15 is 0 Å². The molecular weight excluding hydrogens is 368 g/mol. The standard InChI is InChI=1S/C24H40O5/c1-13(4-7-21(28)29)16-5-6-17-22-18(8-9-23(16,17)2)24(3)14(11-19(22)26)10-15(25)12-20(24)27/h13-20,22,25-27H,4-12H2,1-3H3,(H,28,29)/t13-,14+,15+,16-,17+,18+,19+,20-,22+,23-,24+/m1/s1. The molecule has 4 saturated carbocycles. The topological polar surface area (TPSA) is 98.0 Å². The van der Waals surface area contributed by atoms with Crippen molar-refractivity contribution < 1.29 is 25.2 Å². The van der Waals surface area contributed by atoms with Gasteiger partial charge in [-0.2, -0.15) is 0 Å². The van der Waals surface area contributed by atoms with E-state index in [4.69, 9.17) is 5.11 Å². The SMILES string of the molecule is C[C@H](CCC(=O)O)[C@H]1CC[C@H]2[C@@H]3[C@@H](O)C[C@@H]4C[C@H](O)C[C@@H](O)[C@]4(C)[C@H]3CC[C@]12C. The Balaban J connectivity index is 1.58. The van der Waals surface area contributed by atoms with E-state index in [1.54, 1.807) is 0 Å². The van der Waals surface area contributed by atoms with Crippen LogP contribution < -0.4 is 0 Å². The summed E-state index contributed by atoms with van der Waals surface area (Å²) in [5.41, 5.74) is -0.0557. The third-order valence-electron chi connectivity index (χ3n) is 10.3. The highest BCUT2D eigenvalue weighted by Gasteiger charge is 2.64. The van der Waals surface area contributed by atoms with Crippen LogP contribution in [0.4, 0.5) is 0 Å². The molecule has 4 aliphatic rings. The van der Waals surface area contributed by atoms with Gasteiger partial charge >= 0.3 is 5.97 Å². The molecule has 0 radical (unpaired) electrons. The average Bonchev–Trinajstić information content (AvgIpc) is 2.99. The Morgan fingerprint density at radius 2 is 1.76 bits per heavy atom. The highest BCUT2D eigenvalue weighted by atomic mass is 16.4. The molecule has 0 saturated heterocycles. The lowest BCUT2D eigenvalue weighted by atomic mass is 9.43. The Morgan fingerprint density at radius 3 is 2.45 bits per heavy atom. The summed E-state index contributed by atoms with van der Waals surface area (Å²) < 4.78 is 0. The van der Waals surface area contributed by atoms with Gasteiger partial charge in [-0.15, -0.1) is 0 Å². The van der Waals surface area contributed by atoms with Crippen LogP contribution in [0.5, 0.6) is 0 Å². The Hall–Kier alpha value is -0.650. The number of hydrogen-bond acceptors (Lipinski definition) is 4. The van der Waals surface area contributed by atoms with Crippen LogP contribution >= 0.6 is 0 Å². The number of aliphatic carboxylic acids is 1. The molecule has 0 bridgehead atoms. The normalized spacial score (nSPS) is 52.9. The fourth-order valence-electron chi connectivity index (χ4n) is 8.80. The Kier molecular flexibility index (Phi) is 5.57. The predicted octanol–water partition coefficient (Wildman–Crippen LogP) is 3.45. The van der Waals surface area contributed by atoms with Crippen molar-refractivity contribution >= 4 is 5.97 Å². The van der Waals surface area contributed by atoms with Crippen LogP contribution in [0.2, 0.25) is 0 Å². The van der Waals surface area contributed by atoms with Gasteiger partial charge < -0.3 is 20.4 Å². The molecule has 29 heavy (non-hydrogen) atoms. The van der Waals surface area contributed by atoms with Gasteiger partial charge in [-0.1, -0.05) is 20.8 Å². The van der Waals surface area contributed by atoms with Gasteiger partial charge in [0.2, 0.25) is 0 Å². The minimum Gasteiger partial charge on any atom is -0.481 e. The number of fused-ring (bicyclic) bond motifs is 5. The van der Waals surface area contributed by atoms with E-state index in [0.29, 0.717) is 42.9 Å². The molecule has 5 heteroatoms. The first-order valence-corrected chi connectivity index (χ1v) is 11.8. The maximum absolute atomic E-state index is 11.3. The molecule has 4 N–H and O–H groups in total. The van der Waals surface area contributed by atoms with Crippen LogP contribution in [0.15, 0.2) is 0 Å². The molecule has 4 rings (SSSR count). The molecule has 0 aliphatic heterocycles. The van der Waals surface area contributed by atoms with Gasteiger partial charge in [-0.25, -0.2) is 0 Å². The Bertz CT molecular complexity index is 637. The second-order valence-electron chi connectivity index (χ2n) is 11.4. The Labute approximate surface area is 174 Å². The van der Waals surface area contributed by atoms with E-state index in [1.165, 1.54) is 0 Å². The zero-order valence-corrected chi connectivity index (χ0v) is 18.3. The molecule has 4 aliphatic carbocycles. The lowest BCUT2D eigenvalue weighted by Crippen LogP contribution is -2.62. The third kappa shape index (κ3) is 3.27. The quantitative estimate of drug-likeness (QED) is 0.571. The molecule has 11 atom stereocenters. The summed E-state index contributed by atoms with van der Waals surface area (Å²) in [6.45, 7) is 6.83. The second-order valence-corrected chi connectivity index (χ2v) is 11.4. The number of carboxylic acids is 1. The zero-order valence-electron chi connectivity index (χ0n) is 18.3. The zero-order chi connectivity index (χ0) is 21.1. The van der Waals surface area contributed by atoms with Crippen LogP contribution in [-0.2, 0) is 4.79 Å². The van der Waals surface area contributed by atoms with Gasteiger partial charge in [-0.05, 0) is 97.7 Å². The van der Waals surface area contributed by atoms with Gasteiger partial charge in [0.15, 0.2) is 0 Å².